The van der Waals surface area contributed by atoms with Crippen molar-refractivity contribution in [1.82, 2.24) is 0 Å². The number of carbonyl (C=O) groups excluding carboxylic acids is 2. The summed E-state index contributed by atoms with van der Waals surface area (Å²) >= 11 is 0. The molecule has 4 bridgehead atoms. The Morgan fingerprint density at radius 1 is 1.25 bits per heavy atom. The summed E-state index contributed by atoms with van der Waals surface area (Å²) in [5, 5.41) is 0. The summed E-state index contributed by atoms with van der Waals surface area (Å²) in [5.74, 6) is 1.89. The highest BCUT2D eigenvalue weighted by Crippen LogP contribution is 2.55. The lowest BCUT2D eigenvalue weighted by Crippen LogP contribution is -2.40. The molecule has 24 heavy (non-hydrogen) atoms. The summed E-state index contributed by atoms with van der Waals surface area (Å²) in [6.07, 6.45) is 11.1. The molecule has 4 fully saturated rings. The molecule has 4 nitrogen and oxygen atoms in total. The third-order valence-corrected chi connectivity index (χ3v) is 7.78. The van der Waals surface area contributed by atoms with Gasteiger partial charge < -0.3 is 9.47 Å². The van der Waals surface area contributed by atoms with Gasteiger partial charge in [0.25, 0.3) is 0 Å². The van der Waals surface area contributed by atoms with Crippen LogP contribution in [-0.2, 0) is 19.1 Å². The predicted octanol–water partition coefficient (Wildman–Crippen LogP) is 3.11. The summed E-state index contributed by atoms with van der Waals surface area (Å²) in [7, 11) is 0. The first-order valence-corrected chi connectivity index (χ1v) is 9.62. The number of rotatable bonds is 3. The van der Waals surface area contributed by atoms with E-state index in [1.807, 2.05) is 6.92 Å². The second-order valence-corrected chi connectivity index (χ2v) is 8.95. The lowest BCUT2D eigenvalue weighted by atomic mass is 9.77. The fraction of sp³-hybridized carbons (Fsp3) is 0.800. The van der Waals surface area contributed by atoms with E-state index in [9.17, 15) is 9.59 Å². The van der Waals surface area contributed by atoms with E-state index < -0.39 is 5.41 Å². The minimum atomic E-state index is -0.397. The zero-order valence-electron chi connectivity index (χ0n) is 14.3. The predicted molar refractivity (Wildman–Crippen MR) is 86.7 cm³/mol. The average molecular weight is 330 g/mol. The average Bonchev–Trinajstić information content (AvgIpc) is 3.30. The van der Waals surface area contributed by atoms with Crippen molar-refractivity contribution in [3.05, 3.63) is 12.2 Å². The highest BCUT2D eigenvalue weighted by atomic mass is 16.6. The third-order valence-electron chi connectivity index (χ3n) is 7.78. The van der Waals surface area contributed by atoms with E-state index in [1.54, 1.807) is 0 Å². The quantitative estimate of drug-likeness (QED) is 0.589. The largest absolute Gasteiger partial charge is 0.464 e. The molecule has 5 rings (SSSR count). The standard InChI is InChI=1S/C20H26O4/c1-20(9-11-5-6-12(20)7-11)19(22)23-10-16-15-8-17(24-18(16)21)14-4-2-3-13(14)15/h5-6,11-17H,2-4,7-10H2,1H3. The molecular formula is C20H26O4. The Kier molecular flexibility index (Phi) is 3.18. The van der Waals surface area contributed by atoms with Gasteiger partial charge in [0.15, 0.2) is 0 Å². The molecule has 4 heteroatoms. The molecule has 0 aromatic heterocycles. The SMILES string of the molecule is CC1(C(=O)OCC2C(=O)OC3CC2C2CCCC32)CC2C=CC1C2. The number of ether oxygens (including phenoxy) is 2. The van der Waals surface area contributed by atoms with Crippen LogP contribution in [0.5, 0.6) is 0 Å². The van der Waals surface area contributed by atoms with Crippen molar-refractivity contribution in [3.8, 4) is 0 Å². The summed E-state index contributed by atoms with van der Waals surface area (Å²) in [5.41, 5.74) is -0.397. The first-order chi connectivity index (χ1) is 11.6. The molecule has 1 saturated heterocycles. The zero-order chi connectivity index (χ0) is 16.5. The van der Waals surface area contributed by atoms with Gasteiger partial charge in [0.1, 0.15) is 12.7 Å². The van der Waals surface area contributed by atoms with Gasteiger partial charge in [-0.25, -0.2) is 0 Å². The van der Waals surface area contributed by atoms with Crippen molar-refractivity contribution in [2.24, 2.45) is 40.9 Å². The van der Waals surface area contributed by atoms with Crippen molar-refractivity contribution in [2.45, 2.75) is 51.6 Å². The minimum absolute atomic E-state index is 0.116. The number of hydrogen-bond acceptors (Lipinski definition) is 4. The van der Waals surface area contributed by atoms with Crippen LogP contribution < -0.4 is 0 Å². The Morgan fingerprint density at radius 3 is 2.83 bits per heavy atom. The molecule has 0 aromatic rings. The molecule has 4 aliphatic carbocycles. The van der Waals surface area contributed by atoms with Gasteiger partial charge in [0.2, 0.25) is 0 Å². The van der Waals surface area contributed by atoms with Gasteiger partial charge >= 0.3 is 11.9 Å². The fourth-order valence-corrected chi connectivity index (χ4v) is 6.49. The molecule has 0 radical (unpaired) electrons. The Labute approximate surface area is 143 Å². The normalized spacial score (nSPS) is 50.9. The van der Waals surface area contributed by atoms with Crippen LogP contribution in [0, 0.1) is 40.9 Å². The molecule has 5 aliphatic rings. The highest BCUT2D eigenvalue weighted by Gasteiger charge is 2.56. The lowest BCUT2D eigenvalue weighted by molar-refractivity contribution is -0.170. The van der Waals surface area contributed by atoms with E-state index in [1.165, 1.54) is 19.3 Å². The molecule has 3 saturated carbocycles. The maximum absolute atomic E-state index is 12.7. The topological polar surface area (TPSA) is 52.6 Å². The third kappa shape index (κ3) is 1.98. The molecule has 0 amide bonds. The number of allylic oxidation sites excluding steroid dienone is 2. The number of hydrogen-bond donors (Lipinski definition) is 0. The van der Waals surface area contributed by atoms with Crippen LogP contribution in [0.1, 0.15) is 45.4 Å². The maximum Gasteiger partial charge on any atom is 0.312 e. The Hall–Kier alpha value is -1.32. The number of fused-ring (bicyclic) bond motifs is 7. The van der Waals surface area contributed by atoms with E-state index in [0.717, 1.165) is 19.3 Å². The van der Waals surface area contributed by atoms with E-state index in [2.05, 4.69) is 12.2 Å². The molecule has 8 atom stereocenters. The van der Waals surface area contributed by atoms with Crippen LogP contribution in [0.25, 0.3) is 0 Å². The van der Waals surface area contributed by atoms with Gasteiger partial charge in [-0.3, -0.25) is 9.59 Å². The van der Waals surface area contributed by atoms with Gasteiger partial charge in [-0.15, -0.1) is 0 Å². The first-order valence-electron chi connectivity index (χ1n) is 9.62. The van der Waals surface area contributed by atoms with Crippen molar-refractivity contribution in [2.75, 3.05) is 6.61 Å². The van der Waals surface area contributed by atoms with Crippen LogP contribution >= 0.6 is 0 Å². The van der Waals surface area contributed by atoms with E-state index in [4.69, 9.17) is 9.47 Å². The van der Waals surface area contributed by atoms with Crippen LogP contribution in [0.4, 0.5) is 0 Å². The Morgan fingerprint density at radius 2 is 2.08 bits per heavy atom. The summed E-state index contributed by atoms with van der Waals surface area (Å²) in [6, 6.07) is 0. The van der Waals surface area contributed by atoms with Crippen LogP contribution in [0.15, 0.2) is 12.2 Å². The molecule has 130 valence electrons. The van der Waals surface area contributed by atoms with Crippen LogP contribution in [0.2, 0.25) is 0 Å². The zero-order valence-corrected chi connectivity index (χ0v) is 14.3. The van der Waals surface area contributed by atoms with Crippen molar-refractivity contribution >= 4 is 11.9 Å². The Bertz CT molecular complexity index is 611. The van der Waals surface area contributed by atoms with Gasteiger partial charge in [-0.2, -0.15) is 0 Å². The number of esters is 2. The smallest absolute Gasteiger partial charge is 0.312 e. The van der Waals surface area contributed by atoms with E-state index >= 15 is 0 Å². The van der Waals surface area contributed by atoms with Crippen LogP contribution in [0.3, 0.4) is 0 Å². The van der Waals surface area contributed by atoms with Gasteiger partial charge in [0, 0.05) is 0 Å². The monoisotopic (exact) mass is 330 g/mol. The first kappa shape index (κ1) is 15.0. The lowest BCUT2D eigenvalue weighted by Gasteiger charge is -2.32. The number of carbonyl (C=O) groups is 2. The highest BCUT2D eigenvalue weighted by molar-refractivity contribution is 5.79. The Balaban J connectivity index is 1.27. The second kappa shape index (κ2) is 5.09. The van der Waals surface area contributed by atoms with Gasteiger partial charge in [-0.05, 0) is 68.6 Å². The molecular weight excluding hydrogens is 304 g/mol. The van der Waals surface area contributed by atoms with Crippen molar-refractivity contribution in [1.29, 1.82) is 0 Å². The molecule has 0 N–H and O–H groups in total. The maximum atomic E-state index is 12.7. The van der Waals surface area contributed by atoms with Gasteiger partial charge in [-0.1, -0.05) is 18.6 Å². The summed E-state index contributed by atoms with van der Waals surface area (Å²) in [4.78, 5) is 25.1. The summed E-state index contributed by atoms with van der Waals surface area (Å²) in [6.45, 7) is 2.25. The molecule has 1 aliphatic heterocycles. The molecule has 8 unspecified atom stereocenters. The molecule has 1 heterocycles. The van der Waals surface area contributed by atoms with Crippen molar-refractivity contribution < 1.29 is 19.1 Å². The fourth-order valence-electron chi connectivity index (χ4n) is 6.49. The van der Waals surface area contributed by atoms with E-state index in [-0.39, 0.29) is 30.6 Å². The summed E-state index contributed by atoms with van der Waals surface area (Å²) < 4.78 is 11.4. The second-order valence-electron chi connectivity index (χ2n) is 8.95. The van der Waals surface area contributed by atoms with E-state index in [0.29, 0.717) is 29.6 Å². The molecule has 0 aromatic carbocycles. The van der Waals surface area contributed by atoms with Gasteiger partial charge in [0.05, 0.1) is 11.3 Å². The minimum Gasteiger partial charge on any atom is -0.464 e. The van der Waals surface area contributed by atoms with Crippen LogP contribution in [-0.4, -0.2) is 24.6 Å². The molecule has 0 spiro atoms. The van der Waals surface area contributed by atoms with Crippen molar-refractivity contribution in [3.63, 3.8) is 0 Å².